The van der Waals surface area contributed by atoms with Crippen molar-refractivity contribution in [3.05, 3.63) is 95.6 Å². The smallest absolute Gasteiger partial charge is 0.488 e. The summed E-state index contributed by atoms with van der Waals surface area (Å²) in [7, 11) is -5.05. The van der Waals surface area contributed by atoms with Gasteiger partial charge in [-0.1, -0.05) is 46.4 Å². The molecule has 1 N–H and O–H groups in total. The third kappa shape index (κ3) is 8.03. The molecule has 0 saturated carbocycles. The Morgan fingerprint density at radius 3 is 2.12 bits per heavy atom. The van der Waals surface area contributed by atoms with Crippen molar-refractivity contribution in [1.29, 1.82) is 0 Å². The van der Waals surface area contributed by atoms with Gasteiger partial charge in [-0.2, -0.15) is 8.42 Å². The number of nitrogens with one attached hydrogen (secondary N) is 1. The lowest BCUT2D eigenvalue weighted by Gasteiger charge is -2.09. The van der Waals surface area contributed by atoms with Crippen molar-refractivity contribution < 1.29 is 26.0 Å². The molecule has 0 saturated heterocycles. The van der Waals surface area contributed by atoms with Gasteiger partial charge in [0.1, 0.15) is 18.1 Å². The zero-order valence-electron chi connectivity index (χ0n) is 17.4. The van der Waals surface area contributed by atoms with E-state index in [2.05, 4.69) is 21.6 Å². The summed E-state index contributed by atoms with van der Waals surface area (Å²) in [6.07, 6.45) is 2.92. The van der Waals surface area contributed by atoms with Crippen LogP contribution in [0.5, 0.6) is 11.5 Å². The van der Waals surface area contributed by atoms with Gasteiger partial charge in [-0.05, 0) is 66.8 Å². The Kier molecular flexibility index (Phi) is 8.21. The van der Waals surface area contributed by atoms with Crippen LogP contribution >= 0.6 is 0 Å². The Hall–Kier alpha value is -3.39. The fourth-order valence-electron chi connectivity index (χ4n) is 3.03. The van der Waals surface area contributed by atoms with Crippen LogP contribution in [0.15, 0.2) is 78.9 Å². The van der Waals surface area contributed by atoms with E-state index in [1.54, 1.807) is 24.3 Å². The highest BCUT2D eigenvalue weighted by molar-refractivity contribution is 7.81. The SMILES string of the molecule is O=C(NCCCCc1ccccc1)c1ccc(COc2ccc(OS(=O)(=O)F)cc2)cc1. The number of ether oxygens (including phenoxy) is 1. The Bertz CT molecular complexity index is 1100. The first-order valence-corrected chi connectivity index (χ1v) is 11.5. The van der Waals surface area contributed by atoms with Crippen molar-refractivity contribution in [2.24, 2.45) is 0 Å². The standard InChI is InChI=1S/C24H24FNO5S/c25-32(28,29)31-23-15-13-22(14-16-23)30-18-20-9-11-21(12-10-20)24(27)26-17-5-4-8-19-6-2-1-3-7-19/h1-3,6-7,9-16H,4-5,8,17-18H2,(H,26,27). The average molecular weight is 458 g/mol. The summed E-state index contributed by atoms with van der Waals surface area (Å²) >= 11 is 0. The third-order valence-corrected chi connectivity index (χ3v) is 5.05. The molecule has 3 aromatic carbocycles. The molecule has 32 heavy (non-hydrogen) atoms. The molecule has 8 heteroatoms. The van der Waals surface area contributed by atoms with Crippen LogP contribution in [0.4, 0.5) is 3.89 Å². The van der Waals surface area contributed by atoms with Crippen LogP contribution in [-0.2, 0) is 23.5 Å². The molecule has 0 atom stereocenters. The highest BCUT2D eigenvalue weighted by atomic mass is 32.3. The van der Waals surface area contributed by atoms with E-state index in [0.29, 0.717) is 17.9 Å². The van der Waals surface area contributed by atoms with Gasteiger partial charge in [0.25, 0.3) is 5.91 Å². The molecule has 6 nitrogen and oxygen atoms in total. The van der Waals surface area contributed by atoms with Gasteiger partial charge >= 0.3 is 10.5 Å². The number of rotatable bonds is 11. The first-order chi connectivity index (χ1) is 15.4. The normalized spacial score (nSPS) is 11.0. The maximum Gasteiger partial charge on any atom is 0.488 e. The molecular weight excluding hydrogens is 433 g/mol. The van der Waals surface area contributed by atoms with Gasteiger partial charge in [0, 0.05) is 12.1 Å². The monoisotopic (exact) mass is 457 g/mol. The number of carbonyl (C=O) groups is 1. The van der Waals surface area contributed by atoms with Gasteiger partial charge in [0.15, 0.2) is 0 Å². The fourth-order valence-corrected chi connectivity index (χ4v) is 3.37. The number of amides is 1. The Balaban J connectivity index is 1.39. The van der Waals surface area contributed by atoms with Gasteiger partial charge in [-0.15, -0.1) is 0 Å². The molecule has 1 amide bonds. The number of unbranched alkanes of at least 4 members (excludes halogenated alkanes) is 1. The zero-order chi connectivity index (χ0) is 22.8. The summed E-state index contributed by atoms with van der Waals surface area (Å²) < 4.78 is 43.2. The maximum absolute atomic E-state index is 12.5. The van der Waals surface area contributed by atoms with Crippen LogP contribution < -0.4 is 14.2 Å². The minimum Gasteiger partial charge on any atom is -0.489 e. The summed E-state index contributed by atoms with van der Waals surface area (Å²) in [5, 5.41) is 2.93. The van der Waals surface area contributed by atoms with E-state index < -0.39 is 10.5 Å². The van der Waals surface area contributed by atoms with Crippen LogP contribution in [0.25, 0.3) is 0 Å². The Labute approximate surface area is 187 Å². The van der Waals surface area contributed by atoms with E-state index in [4.69, 9.17) is 4.74 Å². The lowest BCUT2D eigenvalue weighted by molar-refractivity contribution is 0.0953. The lowest BCUT2D eigenvalue weighted by atomic mass is 10.1. The third-order valence-electron chi connectivity index (χ3n) is 4.66. The van der Waals surface area contributed by atoms with Crippen molar-refractivity contribution >= 4 is 16.4 Å². The minimum absolute atomic E-state index is 0.115. The van der Waals surface area contributed by atoms with E-state index in [-0.39, 0.29) is 18.3 Å². The maximum atomic E-state index is 12.5. The molecule has 168 valence electrons. The summed E-state index contributed by atoms with van der Waals surface area (Å²) in [5.41, 5.74) is 2.73. The molecule has 0 radical (unpaired) electrons. The van der Waals surface area contributed by atoms with Crippen molar-refractivity contribution in [1.82, 2.24) is 5.32 Å². The lowest BCUT2D eigenvalue weighted by Crippen LogP contribution is -2.24. The first-order valence-electron chi connectivity index (χ1n) is 10.2. The van der Waals surface area contributed by atoms with Crippen LogP contribution in [-0.4, -0.2) is 20.9 Å². The van der Waals surface area contributed by atoms with Crippen molar-refractivity contribution in [2.75, 3.05) is 6.54 Å². The molecule has 0 aromatic heterocycles. The average Bonchev–Trinajstić information content (AvgIpc) is 2.78. The van der Waals surface area contributed by atoms with Gasteiger partial charge in [0.2, 0.25) is 0 Å². The highest BCUT2D eigenvalue weighted by Gasteiger charge is 2.09. The molecule has 0 aliphatic rings. The largest absolute Gasteiger partial charge is 0.489 e. The van der Waals surface area contributed by atoms with Crippen molar-refractivity contribution in [3.8, 4) is 11.5 Å². The van der Waals surface area contributed by atoms with E-state index in [0.717, 1.165) is 24.8 Å². The second kappa shape index (κ2) is 11.3. The molecule has 0 heterocycles. The molecule has 3 rings (SSSR count). The number of aryl methyl sites for hydroxylation is 1. The summed E-state index contributed by atoms with van der Waals surface area (Å²) in [6.45, 7) is 0.878. The van der Waals surface area contributed by atoms with Crippen LogP contribution in [0.2, 0.25) is 0 Å². The first kappa shape index (κ1) is 23.3. The number of benzene rings is 3. The van der Waals surface area contributed by atoms with Crippen LogP contribution in [0.3, 0.4) is 0 Å². The summed E-state index contributed by atoms with van der Waals surface area (Å²) in [4.78, 5) is 12.3. The van der Waals surface area contributed by atoms with E-state index in [1.165, 1.54) is 29.8 Å². The quantitative estimate of drug-likeness (QED) is 0.336. The fraction of sp³-hybridized carbons (Fsp3) is 0.208. The van der Waals surface area contributed by atoms with Gasteiger partial charge in [-0.3, -0.25) is 4.79 Å². The minimum atomic E-state index is -5.05. The number of hydrogen-bond donors (Lipinski definition) is 1. The predicted molar refractivity (Wildman–Crippen MR) is 120 cm³/mol. The van der Waals surface area contributed by atoms with Gasteiger partial charge in [-0.25, -0.2) is 0 Å². The number of hydrogen-bond acceptors (Lipinski definition) is 5. The van der Waals surface area contributed by atoms with Crippen LogP contribution in [0.1, 0.15) is 34.3 Å². The second-order valence-electron chi connectivity index (χ2n) is 7.13. The van der Waals surface area contributed by atoms with E-state index in [9.17, 15) is 17.1 Å². The van der Waals surface area contributed by atoms with E-state index >= 15 is 0 Å². The van der Waals surface area contributed by atoms with Crippen molar-refractivity contribution in [2.45, 2.75) is 25.9 Å². The molecule has 0 aliphatic heterocycles. The number of carbonyl (C=O) groups excluding carboxylic acids is 1. The second-order valence-corrected chi connectivity index (χ2v) is 8.08. The van der Waals surface area contributed by atoms with Crippen molar-refractivity contribution in [3.63, 3.8) is 0 Å². The Morgan fingerprint density at radius 1 is 0.812 bits per heavy atom. The molecule has 0 unspecified atom stereocenters. The van der Waals surface area contributed by atoms with E-state index in [1.807, 2.05) is 18.2 Å². The molecule has 0 spiro atoms. The number of halogens is 1. The highest BCUT2D eigenvalue weighted by Crippen LogP contribution is 2.20. The predicted octanol–water partition coefficient (Wildman–Crippen LogP) is 4.61. The summed E-state index contributed by atoms with van der Waals surface area (Å²) in [6, 6.07) is 22.9. The molecule has 0 aliphatic carbocycles. The van der Waals surface area contributed by atoms with Crippen LogP contribution in [0, 0.1) is 0 Å². The topological polar surface area (TPSA) is 81.7 Å². The summed E-state index contributed by atoms with van der Waals surface area (Å²) in [5.74, 6) is 0.205. The molecule has 0 bridgehead atoms. The van der Waals surface area contributed by atoms with Gasteiger partial charge < -0.3 is 14.2 Å². The molecular formula is C24H24FNO5S. The zero-order valence-corrected chi connectivity index (χ0v) is 18.2. The Morgan fingerprint density at radius 2 is 1.47 bits per heavy atom. The molecule has 0 fully saturated rings. The van der Waals surface area contributed by atoms with Gasteiger partial charge in [0.05, 0.1) is 0 Å². The molecule has 3 aromatic rings.